The van der Waals surface area contributed by atoms with E-state index in [4.69, 9.17) is 4.74 Å². The fourth-order valence-electron chi connectivity index (χ4n) is 2.17. The topological polar surface area (TPSA) is 46.6 Å². The average molecular weight is 241 g/mol. The summed E-state index contributed by atoms with van der Waals surface area (Å²) >= 11 is 0. The standard InChI is InChI=1S/C14H11NO3/c16-13-8-14(17)15(10-4-2-1-3-5-10)12-6-7-18-9-11(12)13/h1-7H,8-9H2. The summed E-state index contributed by atoms with van der Waals surface area (Å²) < 4.78 is 5.13. The number of ether oxygens (including phenoxy) is 1. The second-order valence-corrected chi connectivity index (χ2v) is 4.14. The minimum atomic E-state index is -0.198. The molecule has 0 saturated carbocycles. The van der Waals surface area contributed by atoms with Crippen LogP contribution in [-0.2, 0) is 14.3 Å². The summed E-state index contributed by atoms with van der Waals surface area (Å²) in [6.45, 7) is 0.237. The third-order valence-electron chi connectivity index (χ3n) is 3.01. The van der Waals surface area contributed by atoms with Crippen molar-refractivity contribution in [1.82, 2.24) is 0 Å². The second kappa shape index (κ2) is 4.14. The molecule has 0 bridgehead atoms. The lowest BCUT2D eigenvalue weighted by Gasteiger charge is -2.31. The van der Waals surface area contributed by atoms with Crippen LogP contribution >= 0.6 is 0 Å². The normalized spacial score (nSPS) is 18.8. The zero-order valence-electron chi connectivity index (χ0n) is 9.63. The van der Waals surface area contributed by atoms with Gasteiger partial charge in [0.15, 0.2) is 5.78 Å². The maximum atomic E-state index is 12.1. The number of carbonyl (C=O) groups excluding carboxylic acids is 2. The molecule has 0 saturated heterocycles. The van der Waals surface area contributed by atoms with Gasteiger partial charge in [0, 0.05) is 5.69 Å². The van der Waals surface area contributed by atoms with E-state index in [9.17, 15) is 9.59 Å². The number of amides is 1. The molecule has 0 atom stereocenters. The van der Waals surface area contributed by atoms with Crippen LogP contribution in [0, 0.1) is 0 Å². The first-order valence-electron chi connectivity index (χ1n) is 5.70. The Labute approximate surface area is 104 Å². The molecule has 2 aliphatic rings. The van der Waals surface area contributed by atoms with Gasteiger partial charge in [-0.2, -0.15) is 0 Å². The minimum absolute atomic E-state index is 0.0923. The molecule has 18 heavy (non-hydrogen) atoms. The van der Waals surface area contributed by atoms with Crippen molar-refractivity contribution in [1.29, 1.82) is 0 Å². The molecule has 0 aromatic heterocycles. The molecule has 4 heteroatoms. The van der Waals surface area contributed by atoms with Gasteiger partial charge < -0.3 is 4.74 Å². The first-order valence-corrected chi connectivity index (χ1v) is 5.70. The van der Waals surface area contributed by atoms with Crippen LogP contribution in [0.5, 0.6) is 0 Å². The zero-order valence-corrected chi connectivity index (χ0v) is 9.63. The van der Waals surface area contributed by atoms with Crippen molar-refractivity contribution in [3.63, 3.8) is 0 Å². The molecule has 1 amide bonds. The Morgan fingerprint density at radius 2 is 1.89 bits per heavy atom. The summed E-state index contributed by atoms with van der Waals surface area (Å²) in [5.74, 6) is -0.344. The number of Topliss-reactive ketones (excluding diaryl/α,β-unsaturated/α-hetero) is 1. The Hall–Kier alpha value is -2.36. The van der Waals surface area contributed by atoms with E-state index in [0.29, 0.717) is 11.3 Å². The van der Waals surface area contributed by atoms with Gasteiger partial charge in [-0.3, -0.25) is 14.5 Å². The highest BCUT2D eigenvalue weighted by Crippen LogP contribution is 2.29. The maximum Gasteiger partial charge on any atom is 0.239 e. The average Bonchev–Trinajstić information content (AvgIpc) is 2.40. The van der Waals surface area contributed by atoms with Crippen molar-refractivity contribution in [2.75, 3.05) is 11.5 Å². The molecule has 0 unspecified atom stereocenters. The Bertz CT molecular complexity index is 572. The van der Waals surface area contributed by atoms with Gasteiger partial charge in [-0.1, -0.05) is 18.2 Å². The van der Waals surface area contributed by atoms with E-state index >= 15 is 0 Å². The third-order valence-corrected chi connectivity index (χ3v) is 3.01. The van der Waals surface area contributed by atoms with E-state index in [1.165, 1.54) is 6.26 Å². The Kier molecular flexibility index (Phi) is 2.48. The quantitative estimate of drug-likeness (QED) is 0.704. The largest absolute Gasteiger partial charge is 0.496 e. The van der Waals surface area contributed by atoms with Crippen LogP contribution in [0.1, 0.15) is 6.42 Å². The smallest absolute Gasteiger partial charge is 0.239 e. The van der Waals surface area contributed by atoms with Crippen LogP contribution in [0.25, 0.3) is 0 Å². The van der Waals surface area contributed by atoms with Gasteiger partial charge >= 0.3 is 0 Å². The number of anilines is 1. The van der Waals surface area contributed by atoms with Crippen LogP contribution in [-0.4, -0.2) is 18.3 Å². The van der Waals surface area contributed by atoms with Gasteiger partial charge in [0.25, 0.3) is 0 Å². The summed E-state index contributed by atoms with van der Waals surface area (Å²) in [5.41, 5.74) is 1.98. The molecule has 0 aliphatic carbocycles. The van der Waals surface area contributed by atoms with Crippen molar-refractivity contribution in [2.45, 2.75) is 6.42 Å². The summed E-state index contributed by atoms with van der Waals surface area (Å²) in [7, 11) is 0. The van der Waals surface area contributed by atoms with E-state index in [-0.39, 0.29) is 24.7 Å². The first kappa shape index (κ1) is 10.8. The van der Waals surface area contributed by atoms with Gasteiger partial charge in [-0.05, 0) is 18.2 Å². The van der Waals surface area contributed by atoms with Crippen molar-refractivity contribution in [3.05, 3.63) is 53.9 Å². The molecule has 1 aromatic carbocycles. The second-order valence-electron chi connectivity index (χ2n) is 4.14. The summed E-state index contributed by atoms with van der Waals surface area (Å²) in [6.07, 6.45) is 3.09. The van der Waals surface area contributed by atoms with E-state index in [1.807, 2.05) is 30.3 Å². The first-order chi connectivity index (χ1) is 8.77. The van der Waals surface area contributed by atoms with Crippen molar-refractivity contribution in [3.8, 4) is 0 Å². The molecule has 0 spiro atoms. The number of allylic oxidation sites excluding steroid dienone is 1. The number of hydrogen-bond donors (Lipinski definition) is 0. The predicted octanol–water partition coefficient (Wildman–Crippen LogP) is 1.79. The number of carbonyl (C=O) groups is 2. The zero-order chi connectivity index (χ0) is 12.5. The summed E-state index contributed by atoms with van der Waals surface area (Å²) in [4.78, 5) is 25.4. The van der Waals surface area contributed by atoms with Crippen LogP contribution in [0.15, 0.2) is 53.9 Å². The number of hydrogen-bond acceptors (Lipinski definition) is 3. The monoisotopic (exact) mass is 241 g/mol. The van der Waals surface area contributed by atoms with E-state index < -0.39 is 0 Å². The molecule has 0 fully saturated rings. The van der Waals surface area contributed by atoms with Crippen LogP contribution in [0.2, 0.25) is 0 Å². The number of nitrogens with zero attached hydrogens (tertiary/aromatic N) is 1. The highest BCUT2D eigenvalue weighted by Gasteiger charge is 2.33. The molecule has 2 aliphatic heterocycles. The van der Waals surface area contributed by atoms with Crippen LogP contribution < -0.4 is 4.90 Å². The molecular weight excluding hydrogens is 230 g/mol. The molecule has 3 rings (SSSR count). The van der Waals surface area contributed by atoms with Crippen LogP contribution in [0.3, 0.4) is 0 Å². The van der Waals surface area contributed by atoms with E-state index in [0.717, 1.165) is 5.69 Å². The van der Waals surface area contributed by atoms with Gasteiger partial charge in [0.1, 0.15) is 6.61 Å². The lowest BCUT2D eigenvalue weighted by Crippen LogP contribution is -2.39. The van der Waals surface area contributed by atoms with Crippen molar-refractivity contribution >= 4 is 17.4 Å². The SMILES string of the molecule is O=C1CC(=O)N(c2ccccc2)C2=C1COC=C2. The fraction of sp³-hybridized carbons (Fsp3) is 0.143. The lowest BCUT2D eigenvalue weighted by atomic mass is 9.99. The number of para-hydroxylation sites is 1. The van der Waals surface area contributed by atoms with Gasteiger partial charge in [0.2, 0.25) is 5.91 Å². The van der Waals surface area contributed by atoms with Gasteiger partial charge in [-0.25, -0.2) is 0 Å². The van der Waals surface area contributed by atoms with Crippen molar-refractivity contribution in [2.24, 2.45) is 0 Å². The lowest BCUT2D eigenvalue weighted by molar-refractivity contribution is -0.125. The third kappa shape index (κ3) is 1.62. The number of rotatable bonds is 1. The molecule has 4 nitrogen and oxygen atoms in total. The molecular formula is C14H11NO3. The highest BCUT2D eigenvalue weighted by molar-refractivity contribution is 6.17. The Morgan fingerprint density at radius 1 is 1.11 bits per heavy atom. The van der Waals surface area contributed by atoms with Crippen molar-refractivity contribution < 1.29 is 14.3 Å². The number of ketones is 1. The highest BCUT2D eigenvalue weighted by atomic mass is 16.5. The molecule has 0 N–H and O–H groups in total. The summed E-state index contributed by atoms with van der Waals surface area (Å²) in [6, 6.07) is 9.31. The van der Waals surface area contributed by atoms with Crippen LogP contribution in [0.4, 0.5) is 5.69 Å². The van der Waals surface area contributed by atoms with Gasteiger partial charge in [0.05, 0.1) is 24.0 Å². The summed E-state index contributed by atoms with van der Waals surface area (Å²) in [5, 5.41) is 0. The molecule has 90 valence electrons. The molecule has 1 aromatic rings. The predicted molar refractivity (Wildman–Crippen MR) is 65.7 cm³/mol. The van der Waals surface area contributed by atoms with Gasteiger partial charge in [-0.15, -0.1) is 0 Å². The fourth-order valence-corrected chi connectivity index (χ4v) is 2.17. The van der Waals surface area contributed by atoms with E-state index in [2.05, 4.69) is 0 Å². The molecule has 2 heterocycles. The number of benzene rings is 1. The Morgan fingerprint density at radius 3 is 2.67 bits per heavy atom. The minimum Gasteiger partial charge on any atom is -0.496 e. The molecule has 0 radical (unpaired) electrons. The maximum absolute atomic E-state index is 12.1. The Balaban J connectivity index is 2.13. The van der Waals surface area contributed by atoms with E-state index in [1.54, 1.807) is 11.0 Å².